The van der Waals surface area contributed by atoms with Crippen LogP contribution in [0, 0.1) is 5.41 Å². The fourth-order valence-electron chi connectivity index (χ4n) is 4.02. The summed E-state index contributed by atoms with van der Waals surface area (Å²) in [5.74, 6) is -0.444. The van der Waals surface area contributed by atoms with Gasteiger partial charge in [-0.25, -0.2) is 0 Å². The van der Waals surface area contributed by atoms with Crippen molar-refractivity contribution >= 4 is 16.8 Å². The number of allylic oxidation sites excluding steroid dienone is 3. The highest BCUT2D eigenvalue weighted by Gasteiger charge is 2.43. The second-order valence-electron chi connectivity index (χ2n) is 8.04. The van der Waals surface area contributed by atoms with Gasteiger partial charge >= 0.3 is 0 Å². The summed E-state index contributed by atoms with van der Waals surface area (Å²) in [7, 11) is 0. The normalized spacial score (nSPS) is 22.4. The topological polar surface area (TPSA) is 18.5 Å². The fourth-order valence-corrected chi connectivity index (χ4v) is 4.02. The van der Waals surface area contributed by atoms with Gasteiger partial charge in [0.15, 0.2) is 5.79 Å². The molecule has 4 rings (SSSR count). The summed E-state index contributed by atoms with van der Waals surface area (Å²) < 4.78 is 11.9. The molecule has 0 N–H and O–H groups in total. The summed E-state index contributed by atoms with van der Waals surface area (Å²) in [5.41, 5.74) is 4.29. The minimum atomic E-state index is -0.444. The summed E-state index contributed by atoms with van der Waals surface area (Å²) in [6, 6.07) is 15.0. The van der Waals surface area contributed by atoms with Crippen LogP contribution in [0.15, 0.2) is 59.7 Å². The first-order chi connectivity index (χ1) is 12.0. The maximum atomic E-state index is 5.95. The lowest BCUT2D eigenvalue weighted by molar-refractivity contribution is -0.283. The minimum Gasteiger partial charge on any atom is -0.350 e. The third kappa shape index (κ3) is 3.29. The van der Waals surface area contributed by atoms with E-state index in [2.05, 4.69) is 61.5 Å². The second-order valence-corrected chi connectivity index (χ2v) is 8.04. The molecule has 0 atom stereocenters. The number of ether oxygens (including phenoxy) is 2. The van der Waals surface area contributed by atoms with Gasteiger partial charge in [0.1, 0.15) is 0 Å². The highest BCUT2D eigenvalue weighted by atomic mass is 16.7. The summed E-state index contributed by atoms with van der Waals surface area (Å²) in [6.45, 7) is 7.80. The number of rotatable bonds is 2. The van der Waals surface area contributed by atoms with Gasteiger partial charge < -0.3 is 9.47 Å². The molecule has 25 heavy (non-hydrogen) atoms. The van der Waals surface area contributed by atoms with E-state index in [9.17, 15) is 0 Å². The first-order valence-corrected chi connectivity index (χ1v) is 9.09. The molecule has 1 aliphatic heterocycles. The first kappa shape index (κ1) is 16.6. The zero-order chi connectivity index (χ0) is 17.5. The molecule has 130 valence electrons. The van der Waals surface area contributed by atoms with Gasteiger partial charge in [-0.2, -0.15) is 0 Å². The molecule has 2 heteroatoms. The zero-order valence-corrected chi connectivity index (χ0v) is 15.3. The van der Waals surface area contributed by atoms with Crippen LogP contribution in [-0.4, -0.2) is 19.0 Å². The summed E-state index contributed by atoms with van der Waals surface area (Å²) in [5, 5.41) is 2.59. The Morgan fingerprint density at radius 3 is 2.40 bits per heavy atom. The van der Waals surface area contributed by atoms with Crippen LogP contribution in [0.1, 0.15) is 39.2 Å². The Morgan fingerprint density at radius 2 is 1.60 bits per heavy atom. The lowest BCUT2D eigenvalue weighted by atomic mass is 9.84. The lowest BCUT2D eigenvalue weighted by Crippen LogP contribution is -2.45. The summed E-state index contributed by atoms with van der Waals surface area (Å²) in [4.78, 5) is 0. The van der Waals surface area contributed by atoms with Gasteiger partial charge in [0, 0.05) is 5.41 Å². The molecule has 0 unspecified atom stereocenters. The van der Waals surface area contributed by atoms with E-state index in [0.29, 0.717) is 0 Å². The maximum absolute atomic E-state index is 5.95. The van der Waals surface area contributed by atoms with E-state index in [4.69, 9.17) is 9.47 Å². The molecule has 2 aromatic carbocycles. The molecule has 1 fully saturated rings. The molecule has 0 radical (unpaired) electrons. The molecule has 0 aromatic heterocycles. The van der Waals surface area contributed by atoms with Crippen molar-refractivity contribution in [3.8, 4) is 0 Å². The van der Waals surface area contributed by atoms with Gasteiger partial charge in [0.25, 0.3) is 0 Å². The van der Waals surface area contributed by atoms with Crippen molar-refractivity contribution in [1.82, 2.24) is 0 Å². The van der Waals surface area contributed by atoms with Crippen molar-refractivity contribution in [3.05, 3.63) is 65.3 Å². The second kappa shape index (κ2) is 6.12. The van der Waals surface area contributed by atoms with E-state index in [0.717, 1.165) is 26.1 Å². The molecular weight excluding hydrogens is 308 g/mol. The van der Waals surface area contributed by atoms with Crippen molar-refractivity contribution in [3.63, 3.8) is 0 Å². The molecule has 1 aliphatic carbocycles. The number of hydrogen-bond donors (Lipinski definition) is 0. The van der Waals surface area contributed by atoms with Crippen LogP contribution in [0.3, 0.4) is 0 Å². The Kier molecular flexibility index (Phi) is 4.05. The van der Waals surface area contributed by atoms with Crippen LogP contribution in [0.25, 0.3) is 16.8 Å². The lowest BCUT2D eigenvalue weighted by Gasteiger charge is -2.41. The Labute approximate surface area is 150 Å². The number of hydrogen-bond acceptors (Lipinski definition) is 2. The molecule has 2 aromatic rings. The van der Waals surface area contributed by atoms with E-state index >= 15 is 0 Å². The predicted molar refractivity (Wildman–Crippen MR) is 103 cm³/mol. The van der Waals surface area contributed by atoms with Crippen LogP contribution in [0.5, 0.6) is 0 Å². The quantitative estimate of drug-likeness (QED) is 0.698. The van der Waals surface area contributed by atoms with Gasteiger partial charge in [-0.3, -0.25) is 0 Å². The molecule has 1 spiro atoms. The Balaban J connectivity index is 1.55. The first-order valence-electron chi connectivity index (χ1n) is 9.09. The van der Waals surface area contributed by atoms with Gasteiger partial charge in [0.2, 0.25) is 0 Å². The van der Waals surface area contributed by atoms with Crippen molar-refractivity contribution in [2.75, 3.05) is 13.2 Å². The Hall–Kier alpha value is -1.90. The predicted octanol–water partition coefficient (Wildman–Crippen LogP) is 5.73. The van der Waals surface area contributed by atoms with Crippen LogP contribution < -0.4 is 0 Å². The van der Waals surface area contributed by atoms with E-state index < -0.39 is 5.79 Å². The van der Waals surface area contributed by atoms with Gasteiger partial charge in [-0.1, -0.05) is 60.2 Å². The van der Waals surface area contributed by atoms with Crippen molar-refractivity contribution < 1.29 is 9.47 Å². The Bertz CT molecular complexity index is 842. The third-order valence-electron chi connectivity index (χ3n) is 5.49. The van der Waals surface area contributed by atoms with Crippen molar-refractivity contribution in [2.45, 2.75) is 39.4 Å². The highest BCUT2D eigenvalue weighted by molar-refractivity contribution is 5.90. The van der Waals surface area contributed by atoms with Crippen LogP contribution in [-0.2, 0) is 9.47 Å². The zero-order valence-electron chi connectivity index (χ0n) is 15.3. The average molecular weight is 334 g/mol. The van der Waals surface area contributed by atoms with Crippen LogP contribution in [0.4, 0.5) is 0 Å². The molecular formula is C23H26O2. The SMILES string of the molecule is CC1=C(/C=C\c2cccc3ccccc23)CC2(COC(C)(C)OC2)C1. The standard InChI is InChI=1S/C23H26O2/c1-17-13-23(15-24-22(2,3)25-16-23)14-20(17)12-11-19-9-6-8-18-7-4-5-10-21(18)19/h4-12H,13-16H2,1-3H3/b12-11-. The summed E-state index contributed by atoms with van der Waals surface area (Å²) in [6.07, 6.45) is 6.66. The summed E-state index contributed by atoms with van der Waals surface area (Å²) >= 11 is 0. The fraction of sp³-hybridized carbons (Fsp3) is 0.391. The van der Waals surface area contributed by atoms with Gasteiger partial charge in [-0.05, 0) is 55.5 Å². The molecule has 0 saturated carbocycles. The smallest absolute Gasteiger partial charge is 0.162 e. The number of fused-ring (bicyclic) bond motifs is 1. The molecule has 2 aliphatic rings. The Morgan fingerprint density at radius 1 is 0.880 bits per heavy atom. The largest absolute Gasteiger partial charge is 0.350 e. The molecule has 2 nitrogen and oxygen atoms in total. The van der Waals surface area contributed by atoms with E-state index in [1.807, 2.05) is 13.8 Å². The number of benzene rings is 2. The molecule has 1 saturated heterocycles. The van der Waals surface area contributed by atoms with Gasteiger partial charge in [0.05, 0.1) is 13.2 Å². The highest BCUT2D eigenvalue weighted by Crippen LogP contribution is 2.46. The van der Waals surface area contributed by atoms with E-state index in [1.54, 1.807) is 0 Å². The monoisotopic (exact) mass is 334 g/mol. The van der Waals surface area contributed by atoms with Crippen LogP contribution >= 0.6 is 0 Å². The maximum Gasteiger partial charge on any atom is 0.162 e. The average Bonchev–Trinajstić information content (AvgIpc) is 2.92. The molecule has 0 bridgehead atoms. The van der Waals surface area contributed by atoms with E-state index in [-0.39, 0.29) is 5.41 Å². The van der Waals surface area contributed by atoms with E-state index in [1.165, 1.54) is 27.5 Å². The minimum absolute atomic E-state index is 0.123. The van der Waals surface area contributed by atoms with Crippen molar-refractivity contribution in [1.29, 1.82) is 0 Å². The molecule has 1 heterocycles. The molecule has 0 amide bonds. The van der Waals surface area contributed by atoms with Crippen molar-refractivity contribution in [2.24, 2.45) is 5.41 Å². The third-order valence-corrected chi connectivity index (χ3v) is 5.49. The van der Waals surface area contributed by atoms with Crippen LogP contribution in [0.2, 0.25) is 0 Å². The van der Waals surface area contributed by atoms with Gasteiger partial charge in [-0.15, -0.1) is 0 Å².